The molecule has 0 saturated heterocycles. The minimum Gasteiger partial charge on any atom is -0.455 e. The van der Waals surface area contributed by atoms with Gasteiger partial charge in [-0.2, -0.15) is 0 Å². The maximum atomic E-state index is 6.04. The summed E-state index contributed by atoms with van der Waals surface area (Å²) < 4.78 is 5.47. The van der Waals surface area contributed by atoms with Gasteiger partial charge in [0.05, 0.1) is 0 Å². The second-order valence-corrected chi connectivity index (χ2v) is 3.97. The number of pyridine rings is 1. The van der Waals surface area contributed by atoms with Gasteiger partial charge in [0.15, 0.2) is 5.06 Å². The molecule has 64 valence electrons. The zero-order valence-corrected chi connectivity index (χ0v) is 7.64. The summed E-state index contributed by atoms with van der Waals surface area (Å²) in [6.07, 6.45) is 3.51. The first kappa shape index (κ1) is 7.87. The molecule has 2 nitrogen and oxygen atoms in total. The Morgan fingerprint density at radius 3 is 3.33 bits per heavy atom. The van der Waals surface area contributed by atoms with Crippen molar-refractivity contribution in [3.05, 3.63) is 23.9 Å². The van der Waals surface area contributed by atoms with Crippen LogP contribution >= 0.6 is 11.6 Å². The van der Waals surface area contributed by atoms with Crippen LogP contribution in [0.3, 0.4) is 0 Å². The molecule has 0 bridgehead atoms. The van der Waals surface area contributed by atoms with Gasteiger partial charge in [0.2, 0.25) is 5.88 Å². The smallest absolute Gasteiger partial charge is 0.218 e. The molecule has 1 aromatic heterocycles. The molecule has 0 spiro atoms. The van der Waals surface area contributed by atoms with Crippen molar-refractivity contribution in [2.24, 2.45) is 0 Å². The lowest BCUT2D eigenvalue weighted by molar-refractivity contribution is 0.142. The highest BCUT2D eigenvalue weighted by Crippen LogP contribution is 2.33. The molecule has 0 aromatic carbocycles. The van der Waals surface area contributed by atoms with E-state index in [0.717, 1.165) is 18.4 Å². The molecule has 0 N–H and O–H groups in total. The number of nitrogens with zero attached hydrogens (tertiary/aromatic N) is 1. The zero-order chi connectivity index (χ0) is 8.60. The number of ether oxygens (including phenoxy) is 1. The van der Waals surface area contributed by atoms with Gasteiger partial charge in [-0.1, -0.05) is 17.7 Å². The van der Waals surface area contributed by atoms with Crippen LogP contribution in [0.25, 0.3) is 0 Å². The fourth-order valence-corrected chi connectivity index (χ4v) is 1.48. The molecule has 1 aliphatic heterocycles. The van der Waals surface area contributed by atoms with Crippen LogP contribution in [0.5, 0.6) is 5.88 Å². The van der Waals surface area contributed by atoms with Gasteiger partial charge in [-0.05, 0) is 19.4 Å². The average Bonchev–Trinajstić information content (AvgIpc) is 2.02. The minimum absolute atomic E-state index is 0.568. The van der Waals surface area contributed by atoms with Crippen molar-refractivity contribution in [2.75, 3.05) is 0 Å². The van der Waals surface area contributed by atoms with Gasteiger partial charge >= 0.3 is 0 Å². The van der Waals surface area contributed by atoms with Gasteiger partial charge in [0, 0.05) is 18.2 Å². The molecule has 0 aliphatic carbocycles. The normalized spacial score (nSPS) is 27.5. The first-order valence-corrected chi connectivity index (χ1v) is 4.37. The van der Waals surface area contributed by atoms with Crippen molar-refractivity contribution in [2.45, 2.75) is 24.8 Å². The van der Waals surface area contributed by atoms with E-state index in [1.54, 1.807) is 6.20 Å². The highest BCUT2D eigenvalue weighted by molar-refractivity contribution is 6.22. The van der Waals surface area contributed by atoms with E-state index in [0.29, 0.717) is 5.88 Å². The third kappa shape index (κ3) is 1.39. The van der Waals surface area contributed by atoms with Crippen molar-refractivity contribution in [3.63, 3.8) is 0 Å². The maximum absolute atomic E-state index is 6.04. The van der Waals surface area contributed by atoms with E-state index in [-0.39, 0.29) is 0 Å². The lowest BCUT2D eigenvalue weighted by atomic mass is 10.1. The zero-order valence-electron chi connectivity index (χ0n) is 6.88. The van der Waals surface area contributed by atoms with Gasteiger partial charge in [-0.15, -0.1) is 0 Å². The molecule has 1 atom stereocenters. The van der Waals surface area contributed by atoms with Crippen LogP contribution in [-0.4, -0.2) is 10.0 Å². The highest BCUT2D eigenvalue weighted by Gasteiger charge is 2.29. The molecule has 1 aromatic rings. The Morgan fingerprint density at radius 1 is 1.67 bits per heavy atom. The second kappa shape index (κ2) is 2.63. The number of alkyl halides is 1. The predicted octanol–water partition coefficient (Wildman–Crippen LogP) is 2.36. The molecule has 1 aliphatic rings. The van der Waals surface area contributed by atoms with E-state index in [1.165, 1.54) is 0 Å². The van der Waals surface area contributed by atoms with E-state index < -0.39 is 5.06 Å². The van der Waals surface area contributed by atoms with Crippen molar-refractivity contribution in [1.29, 1.82) is 0 Å². The van der Waals surface area contributed by atoms with Crippen LogP contribution in [0.2, 0.25) is 0 Å². The SMILES string of the molecule is CC1(Cl)CCc2cccnc2O1. The van der Waals surface area contributed by atoms with Gasteiger partial charge in [0.25, 0.3) is 0 Å². The Labute approximate surface area is 76.5 Å². The van der Waals surface area contributed by atoms with Crippen LogP contribution in [0.1, 0.15) is 18.9 Å². The number of rotatable bonds is 0. The molecular formula is C9H10ClNO. The minimum atomic E-state index is -0.568. The van der Waals surface area contributed by atoms with Crippen LogP contribution in [-0.2, 0) is 6.42 Å². The van der Waals surface area contributed by atoms with Crippen LogP contribution in [0.15, 0.2) is 18.3 Å². The third-order valence-electron chi connectivity index (χ3n) is 2.00. The molecule has 0 fully saturated rings. The quantitative estimate of drug-likeness (QED) is 0.576. The number of aromatic nitrogens is 1. The standard InChI is InChI=1S/C9H10ClNO/c1-9(10)5-4-7-3-2-6-11-8(7)12-9/h2-3,6H,4-5H2,1H3. The van der Waals surface area contributed by atoms with Gasteiger partial charge in [-0.3, -0.25) is 0 Å². The van der Waals surface area contributed by atoms with Crippen molar-refractivity contribution >= 4 is 11.6 Å². The molecule has 0 amide bonds. The summed E-state index contributed by atoms with van der Waals surface area (Å²) in [6.45, 7) is 1.87. The Kier molecular flexibility index (Phi) is 1.72. The third-order valence-corrected chi connectivity index (χ3v) is 2.27. The summed E-state index contributed by atoms with van der Waals surface area (Å²) in [7, 11) is 0. The number of hydrogen-bond acceptors (Lipinski definition) is 2. The van der Waals surface area contributed by atoms with E-state index in [9.17, 15) is 0 Å². The van der Waals surface area contributed by atoms with E-state index in [4.69, 9.17) is 16.3 Å². The van der Waals surface area contributed by atoms with Gasteiger partial charge < -0.3 is 4.74 Å². The number of hydrogen-bond donors (Lipinski definition) is 0. The Bertz CT molecular complexity index is 298. The van der Waals surface area contributed by atoms with Crippen molar-refractivity contribution < 1.29 is 4.74 Å². The first-order chi connectivity index (χ1) is 5.67. The summed E-state index contributed by atoms with van der Waals surface area (Å²) in [5.74, 6) is 0.682. The molecule has 0 radical (unpaired) electrons. The summed E-state index contributed by atoms with van der Waals surface area (Å²) in [5, 5.41) is -0.568. The van der Waals surface area contributed by atoms with E-state index in [1.807, 2.05) is 19.1 Å². The fraction of sp³-hybridized carbons (Fsp3) is 0.444. The summed E-state index contributed by atoms with van der Waals surface area (Å²) in [6, 6.07) is 3.94. The fourth-order valence-electron chi connectivity index (χ4n) is 1.32. The van der Waals surface area contributed by atoms with Crippen molar-refractivity contribution in [3.8, 4) is 5.88 Å². The lowest BCUT2D eigenvalue weighted by Gasteiger charge is -2.28. The Balaban J connectivity index is 2.35. The number of fused-ring (bicyclic) bond motifs is 1. The summed E-state index contributed by atoms with van der Waals surface area (Å²) >= 11 is 6.04. The lowest BCUT2D eigenvalue weighted by Crippen LogP contribution is -2.30. The number of aryl methyl sites for hydroxylation is 1. The van der Waals surface area contributed by atoms with E-state index >= 15 is 0 Å². The maximum Gasteiger partial charge on any atom is 0.218 e. The van der Waals surface area contributed by atoms with Crippen LogP contribution in [0.4, 0.5) is 0 Å². The molecule has 0 saturated carbocycles. The summed E-state index contributed by atoms with van der Waals surface area (Å²) in [4.78, 5) is 4.11. The molecule has 1 unspecified atom stereocenters. The van der Waals surface area contributed by atoms with Gasteiger partial charge in [-0.25, -0.2) is 4.98 Å². The predicted molar refractivity (Wildman–Crippen MR) is 47.4 cm³/mol. The number of halogens is 1. The molecule has 2 heterocycles. The Hall–Kier alpha value is -0.760. The first-order valence-electron chi connectivity index (χ1n) is 3.99. The molecule has 3 heteroatoms. The monoisotopic (exact) mass is 183 g/mol. The Morgan fingerprint density at radius 2 is 2.50 bits per heavy atom. The largest absolute Gasteiger partial charge is 0.455 e. The second-order valence-electron chi connectivity index (χ2n) is 3.17. The summed E-state index contributed by atoms with van der Waals surface area (Å²) in [5.41, 5.74) is 1.15. The van der Waals surface area contributed by atoms with Crippen LogP contribution in [0, 0.1) is 0 Å². The van der Waals surface area contributed by atoms with E-state index in [2.05, 4.69) is 4.98 Å². The average molecular weight is 184 g/mol. The topological polar surface area (TPSA) is 22.1 Å². The van der Waals surface area contributed by atoms with Crippen molar-refractivity contribution in [1.82, 2.24) is 4.98 Å². The van der Waals surface area contributed by atoms with Crippen LogP contribution < -0.4 is 4.74 Å². The highest BCUT2D eigenvalue weighted by atomic mass is 35.5. The molecule has 2 rings (SSSR count). The molecule has 12 heavy (non-hydrogen) atoms. The van der Waals surface area contributed by atoms with Gasteiger partial charge in [0.1, 0.15) is 0 Å². The molecular weight excluding hydrogens is 174 g/mol.